The minimum absolute atomic E-state index is 0.0126. The lowest BCUT2D eigenvalue weighted by Gasteiger charge is -2.21. The largest absolute Gasteiger partial charge is 0.397 e. The van der Waals surface area contributed by atoms with Gasteiger partial charge in [-0.1, -0.05) is 6.08 Å². The lowest BCUT2D eigenvalue weighted by atomic mass is 10.1. The van der Waals surface area contributed by atoms with Crippen molar-refractivity contribution in [1.29, 1.82) is 0 Å². The van der Waals surface area contributed by atoms with E-state index in [1.165, 1.54) is 6.08 Å². The first-order chi connectivity index (χ1) is 14.5. The van der Waals surface area contributed by atoms with Gasteiger partial charge < -0.3 is 10.6 Å². The van der Waals surface area contributed by atoms with Gasteiger partial charge in [-0.15, -0.1) is 17.9 Å². The second-order valence-corrected chi connectivity index (χ2v) is 7.44. The third-order valence-electron chi connectivity index (χ3n) is 4.50. The van der Waals surface area contributed by atoms with Crippen LogP contribution in [0.3, 0.4) is 0 Å². The van der Waals surface area contributed by atoms with E-state index in [0.29, 0.717) is 15.9 Å². The van der Waals surface area contributed by atoms with Crippen molar-refractivity contribution in [3.05, 3.63) is 84.0 Å². The van der Waals surface area contributed by atoms with E-state index in [-0.39, 0.29) is 22.8 Å². The van der Waals surface area contributed by atoms with Crippen molar-refractivity contribution in [3.63, 3.8) is 0 Å². The van der Waals surface area contributed by atoms with Gasteiger partial charge in [0.1, 0.15) is 21.3 Å². The topological polar surface area (TPSA) is 72.1 Å². The first kappa shape index (κ1) is 19.7. The summed E-state index contributed by atoms with van der Waals surface area (Å²) < 4.78 is 28.0. The maximum absolute atomic E-state index is 14.3. The van der Waals surface area contributed by atoms with Crippen LogP contribution in [0.4, 0.5) is 20.2 Å². The highest BCUT2D eigenvalue weighted by Crippen LogP contribution is 2.36. The number of nitrogens with zero attached hydrogens (tertiary/aromatic N) is 3. The zero-order chi connectivity index (χ0) is 21.3. The first-order valence-electron chi connectivity index (χ1n) is 8.97. The Bertz CT molecular complexity index is 1260. The molecule has 1 amide bonds. The van der Waals surface area contributed by atoms with Crippen LogP contribution in [0, 0.1) is 11.6 Å². The van der Waals surface area contributed by atoms with E-state index in [1.54, 1.807) is 30.6 Å². The summed E-state index contributed by atoms with van der Waals surface area (Å²) in [5.41, 5.74) is 7.81. The number of hydrogen-bond acceptors (Lipinski definition) is 5. The number of halogens is 2. The number of nitrogens with two attached hydrogens (primary N) is 1. The van der Waals surface area contributed by atoms with Crippen molar-refractivity contribution >= 4 is 38.8 Å². The van der Waals surface area contributed by atoms with E-state index in [1.807, 2.05) is 6.07 Å². The Balaban J connectivity index is 1.79. The summed E-state index contributed by atoms with van der Waals surface area (Å²) in [5, 5.41) is 0.620. The molecule has 0 unspecified atom stereocenters. The van der Waals surface area contributed by atoms with Gasteiger partial charge in [-0.2, -0.15) is 0 Å². The van der Waals surface area contributed by atoms with Gasteiger partial charge in [-0.05, 0) is 36.4 Å². The molecule has 1 aromatic carbocycles. The Morgan fingerprint density at radius 2 is 2.07 bits per heavy atom. The van der Waals surface area contributed by atoms with Gasteiger partial charge in [-0.3, -0.25) is 9.78 Å². The lowest BCUT2D eigenvalue weighted by Crippen LogP contribution is -2.31. The van der Waals surface area contributed by atoms with Crippen LogP contribution >= 0.6 is 11.3 Å². The molecular formula is C22H16F2N4OS. The third-order valence-corrected chi connectivity index (χ3v) is 5.60. The van der Waals surface area contributed by atoms with Crippen molar-refractivity contribution in [2.75, 3.05) is 17.2 Å². The molecule has 8 heteroatoms. The molecule has 0 atom stereocenters. The molecule has 4 rings (SSSR count). The van der Waals surface area contributed by atoms with Crippen molar-refractivity contribution < 1.29 is 13.6 Å². The number of benzene rings is 1. The predicted octanol–water partition coefficient (Wildman–Crippen LogP) is 5.05. The van der Waals surface area contributed by atoms with Gasteiger partial charge >= 0.3 is 0 Å². The molecular weight excluding hydrogens is 406 g/mol. The number of pyridine rings is 2. The molecule has 3 heterocycles. The van der Waals surface area contributed by atoms with Gasteiger partial charge in [0.15, 0.2) is 0 Å². The van der Waals surface area contributed by atoms with Gasteiger partial charge in [0.05, 0.1) is 17.1 Å². The van der Waals surface area contributed by atoms with Crippen molar-refractivity contribution in [2.45, 2.75) is 0 Å². The second kappa shape index (κ2) is 8.00. The first-order valence-corrected chi connectivity index (χ1v) is 9.78. The Morgan fingerprint density at radius 1 is 1.23 bits per heavy atom. The van der Waals surface area contributed by atoms with Gasteiger partial charge in [0.25, 0.3) is 5.91 Å². The summed E-state index contributed by atoms with van der Waals surface area (Å²) in [4.78, 5) is 23.8. The van der Waals surface area contributed by atoms with E-state index < -0.39 is 17.5 Å². The highest BCUT2D eigenvalue weighted by molar-refractivity contribution is 7.21. The zero-order valence-electron chi connectivity index (χ0n) is 15.7. The fourth-order valence-electron chi connectivity index (χ4n) is 3.07. The summed E-state index contributed by atoms with van der Waals surface area (Å²) in [5.74, 6) is -1.92. The van der Waals surface area contributed by atoms with Crippen molar-refractivity contribution in [2.24, 2.45) is 0 Å². The minimum Gasteiger partial charge on any atom is -0.397 e. The number of anilines is 2. The van der Waals surface area contributed by atoms with Gasteiger partial charge in [0.2, 0.25) is 0 Å². The SMILES string of the molecule is C=CCN(C(=O)c1sc2nc(-c3cccnc3)ccc2c1N)c1cc(F)ccc1F. The van der Waals surface area contributed by atoms with E-state index in [2.05, 4.69) is 16.5 Å². The number of aromatic nitrogens is 2. The Morgan fingerprint density at radius 3 is 2.80 bits per heavy atom. The molecule has 0 saturated carbocycles. The molecule has 30 heavy (non-hydrogen) atoms. The minimum atomic E-state index is -0.719. The van der Waals surface area contributed by atoms with E-state index in [4.69, 9.17) is 5.73 Å². The average Bonchev–Trinajstić information content (AvgIpc) is 3.10. The molecule has 4 aromatic rings. The number of thiophene rings is 1. The number of rotatable bonds is 5. The highest BCUT2D eigenvalue weighted by atomic mass is 32.1. The highest BCUT2D eigenvalue weighted by Gasteiger charge is 2.25. The molecule has 0 radical (unpaired) electrons. The normalized spacial score (nSPS) is 10.9. The molecule has 0 aliphatic rings. The van der Waals surface area contributed by atoms with E-state index in [9.17, 15) is 13.6 Å². The Labute approximate surface area is 175 Å². The number of carbonyl (C=O) groups is 1. The number of fused-ring (bicyclic) bond motifs is 1. The summed E-state index contributed by atoms with van der Waals surface area (Å²) in [6.07, 6.45) is 4.79. The van der Waals surface area contributed by atoms with Crippen LogP contribution in [0.15, 0.2) is 67.5 Å². The second-order valence-electron chi connectivity index (χ2n) is 6.44. The standard InChI is InChI=1S/C22H16F2N4OS/c1-2-10-28(18-11-14(23)5-7-16(18)24)22(29)20-19(25)15-6-8-17(27-21(15)30-20)13-4-3-9-26-12-13/h2-9,11-12H,1,10,25H2. The van der Waals surface area contributed by atoms with Crippen LogP contribution in [0.1, 0.15) is 9.67 Å². The number of hydrogen-bond donors (Lipinski definition) is 1. The van der Waals surface area contributed by atoms with Crippen molar-refractivity contribution in [1.82, 2.24) is 9.97 Å². The third kappa shape index (κ3) is 3.53. The Kier molecular flexibility index (Phi) is 5.24. The monoisotopic (exact) mass is 422 g/mol. The summed E-state index contributed by atoms with van der Waals surface area (Å²) >= 11 is 1.10. The number of amides is 1. The fourth-order valence-corrected chi connectivity index (χ4v) is 4.11. The lowest BCUT2D eigenvalue weighted by molar-refractivity contribution is 0.0993. The van der Waals surface area contributed by atoms with Gasteiger partial charge in [-0.25, -0.2) is 13.8 Å². The smallest absolute Gasteiger partial charge is 0.270 e. The Hall–Kier alpha value is -3.65. The molecule has 150 valence electrons. The quantitative estimate of drug-likeness (QED) is 0.457. The summed E-state index contributed by atoms with van der Waals surface area (Å²) in [7, 11) is 0. The molecule has 0 bridgehead atoms. The summed E-state index contributed by atoms with van der Waals surface area (Å²) in [6, 6.07) is 10.2. The molecule has 2 N–H and O–H groups in total. The maximum atomic E-state index is 14.3. The number of nitrogen functional groups attached to an aromatic ring is 1. The van der Waals surface area contributed by atoms with Crippen molar-refractivity contribution in [3.8, 4) is 11.3 Å². The molecule has 0 spiro atoms. The van der Waals surface area contributed by atoms with Gasteiger partial charge in [0, 0.05) is 36.0 Å². The number of carbonyl (C=O) groups excluding carboxylic acids is 1. The van der Waals surface area contributed by atoms with Crippen LogP contribution in [-0.4, -0.2) is 22.4 Å². The fraction of sp³-hybridized carbons (Fsp3) is 0.0455. The van der Waals surface area contributed by atoms with Crippen LogP contribution in [0.25, 0.3) is 21.5 Å². The molecule has 0 aliphatic heterocycles. The van der Waals surface area contributed by atoms with Crippen LogP contribution in [0.5, 0.6) is 0 Å². The molecule has 3 aromatic heterocycles. The maximum Gasteiger partial charge on any atom is 0.270 e. The van der Waals surface area contributed by atoms with Crippen LogP contribution < -0.4 is 10.6 Å². The van der Waals surface area contributed by atoms with E-state index in [0.717, 1.165) is 40.0 Å². The van der Waals surface area contributed by atoms with Crippen LogP contribution in [0.2, 0.25) is 0 Å². The molecule has 0 aliphatic carbocycles. The van der Waals surface area contributed by atoms with E-state index >= 15 is 0 Å². The predicted molar refractivity (Wildman–Crippen MR) is 115 cm³/mol. The molecule has 0 saturated heterocycles. The average molecular weight is 422 g/mol. The summed E-state index contributed by atoms with van der Waals surface area (Å²) in [6.45, 7) is 3.60. The zero-order valence-corrected chi connectivity index (χ0v) is 16.5. The molecule has 5 nitrogen and oxygen atoms in total. The molecule has 0 fully saturated rings. The van der Waals surface area contributed by atoms with Crippen LogP contribution in [-0.2, 0) is 0 Å².